The highest BCUT2D eigenvalue weighted by atomic mass is 32.1. The van der Waals surface area contributed by atoms with Crippen LogP contribution in [0.3, 0.4) is 0 Å². The minimum Gasteiger partial charge on any atom is -0.478 e. The minimum absolute atomic E-state index is 0.339. The standard InChI is InChI=1S/C8H8O2.C2H6.H3NS.H2O2/c1-6-2-4-7(5-3-6)8(9)10;3*1-2/h2-5H,1H3,(H,9,10);1-2H3;2H,1H2;1-2H. The number of hydrogen-bond donors (Lipinski definition) is 5. The number of thiol groups is 1. The van der Waals surface area contributed by atoms with Crippen molar-refractivity contribution in [3.05, 3.63) is 35.4 Å². The Hall–Kier alpha value is -1.08. The molecule has 0 unspecified atom stereocenters. The number of carboxylic acid groups (broad SMARTS) is 1. The molecule has 1 aromatic carbocycles. The summed E-state index contributed by atoms with van der Waals surface area (Å²) >= 11 is 3.03. The number of rotatable bonds is 1. The van der Waals surface area contributed by atoms with Crippen LogP contribution >= 0.6 is 12.8 Å². The molecule has 0 saturated heterocycles. The molecule has 0 fully saturated rings. The first kappa shape index (κ1) is 20.3. The van der Waals surface area contributed by atoms with Gasteiger partial charge in [0.05, 0.1) is 5.56 Å². The molecular formula is C10H19NO4S. The first-order valence-corrected chi connectivity index (χ1v) is 4.97. The summed E-state index contributed by atoms with van der Waals surface area (Å²) in [4.78, 5) is 10.3. The van der Waals surface area contributed by atoms with E-state index in [1.807, 2.05) is 20.8 Å². The van der Waals surface area contributed by atoms with E-state index in [9.17, 15) is 4.79 Å². The third-order valence-corrected chi connectivity index (χ3v) is 1.30. The molecule has 0 aliphatic rings. The second-order valence-electron chi connectivity index (χ2n) is 2.17. The van der Waals surface area contributed by atoms with Gasteiger partial charge in [0.2, 0.25) is 0 Å². The fraction of sp³-hybridized carbons (Fsp3) is 0.300. The Morgan fingerprint density at radius 3 is 1.69 bits per heavy atom. The molecule has 0 aliphatic heterocycles. The molecule has 0 aliphatic carbocycles. The van der Waals surface area contributed by atoms with E-state index >= 15 is 0 Å². The van der Waals surface area contributed by atoms with Crippen LogP contribution in [0.4, 0.5) is 0 Å². The highest BCUT2D eigenvalue weighted by Gasteiger charge is 1.98. The van der Waals surface area contributed by atoms with E-state index in [0.717, 1.165) is 5.56 Å². The fourth-order valence-corrected chi connectivity index (χ4v) is 0.696. The van der Waals surface area contributed by atoms with Gasteiger partial charge in [-0.1, -0.05) is 31.5 Å². The van der Waals surface area contributed by atoms with Gasteiger partial charge in [0.15, 0.2) is 0 Å². The van der Waals surface area contributed by atoms with Crippen LogP contribution in [0.1, 0.15) is 29.8 Å². The molecule has 94 valence electrons. The first-order valence-electron chi connectivity index (χ1n) is 4.46. The number of aryl methyl sites for hydroxylation is 1. The third kappa shape index (κ3) is 11.0. The SMILES string of the molecule is CC.Cc1ccc(C(=O)O)cc1.NS.OO. The van der Waals surface area contributed by atoms with Crippen molar-refractivity contribution >= 4 is 18.8 Å². The summed E-state index contributed by atoms with van der Waals surface area (Å²) in [5.74, 6) is -0.875. The van der Waals surface area contributed by atoms with Crippen LogP contribution in [0, 0.1) is 6.92 Å². The lowest BCUT2D eigenvalue weighted by atomic mass is 10.2. The summed E-state index contributed by atoms with van der Waals surface area (Å²) in [5.41, 5.74) is 1.41. The maximum atomic E-state index is 10.3. The normalized spacial score (nSPS) is 6.94. The van der Waals surface area contributed by atoms with E-state index in [1.54, 1.807) is 24.3 Å². The molecule has 5 N–H and O–H groups in total. The smallest absolute Gasteiger partial charge is 0.335 e. The van der Waals surface area contributed by atoms with E-state index in [2.05, 4.69) is 18.0 Å². The molecule has 0 radical (unpaired) electrons. The number of carbonyl (C=O) groups is 1. The molecule has 0 amide bonds. The Bertz CT molecular complexity index is 252. The molecule has 0 spiro atoms. The van der Waals surface area contributed by atoms with Crippen molar-refractivity contribution in [2.75, 3.05) is 0 Å². The van der Waals surface area contributed by atoms with Gasteiger partial charge in [-0.3, -0.25) is 15.7 Å². The van der Waals surface area contributed by atoms with Gasteiger partial charge in [-0.05, 0) is 19.1 Å². The zero-order valence-corrected chi connectivity index (χ0v) is 10.5. The molecule has 1 rings (SSSR count). The lowest BCUT2D eigenvalue weighted by Gasteiger charge is -1.92. The van der Waals surface area contributed by atoms with Gasteiger partial charge in [-0.25, -0.2) is 4.79 Å². The van der Waals surface area contributed by atoms with E-state index in [4.69, 9.17) is 15.6 Å². The molecule has 5 nitrogen and oxygen atoms in total. The molecule has 6 heteroatoms. The summed E-state index contributed by atoms with van der Waals surface area (Å²) in [6, 6.07) is 6.75. The number of aromatic carboxylic acids is 1. The average Bonchev–Trinajstić information content (AvgIpc) is 2.37. The van der Waals surface area contributed by atoms with Crippen LogP contribution in [-0.4, -0.2) is 21.6 Å². The fourth-order valence-electron chi connectivity index (χ4n) is 0.696. The van der Waals surface area contributed by atoms with Gasteiger partial charge in [0.1, 0.15) is 0 Å². The maximum absolute atomic E-state index is 10.3. The second kappa shape index (κ2) is 16.4. The van der Waals surface area contributed by atoms with Crippen LogP contribution < -0.4 is 5.14 Å². The molecule has 0 aromatic heterocycles. The Balaban J connectivity index is -0.000000245. The van der Waals surface area contributed by atoms with Crippen molar-refractivity contribution in [2.45, 2.75) is 20.8 Å². The maximum Gasteiger partial charge on any atom is 0.335 e. The minimum atomic E-state index is -0.875. The number of nitrogens with two attached hydrogens (primary N) is 1. The molecule has 0 saturated carbocycles. The summed E-state index contributed by atoms with van der Waals surface area (Å²) < 4.78 is 0. The number of hydrogen-bond acceptors (Lipinski definition) is 5. The highest BCUT2D eigenvalue weighted by molar-refractivity contribution is 7.77. The Morgan fingerprint density at radius 1 is 1.12 bits per heavy atom. The quantitative estimate of drug-likeness (QED) is 0.299. The number of benzene rings is 1. The van der Waals surface area contributed by atoms with E-state index in [1.165, 1.54) is 0 Å². The second-order valence-corrected chi connectivity index (χ2v) is 2.17. The van der Waals surface area contributed by atoms with Gasteiger partial charge in [0, 0.05) is 0 Å². The van der Waals surface area contributed by atoms with Crippen molar-refractivity contribution < 1.29 is 20.4 Å². The average molecular weight is 249 g/mol. The van der Waals surface area contributed by atoms with Crippen LogP contribution in [0.25, 0.3) is 0 Å². The van der Waals surface area contributed by atoms with E-state index in [0.29, 0.717) is 5.56 Å². The molecule has 0 heterocycles. The van der Waals surface area contributed by atoms with Gasteiger partial charge in [-0.2, -0.15) is 0 Å². The van der Waals surface area contributed by atoms with Gasteiger partial charge >= 0.3 is 5.97 Å². The van der Waals surface area contributed by atoms with Crippen molar-refractivity contribution in [3.63, 3.8) is 0 Å². The zero-order valence-electron chi connectivity index (χ0n) is 9.58. The van der Waals surface area contributed by atoms with Crippen molar-refractivity contribution in [1.29, 1.82) is 0 Å². The van der Waals surface area contributed by atoms with E-state index < -0.39 is 5.97 Å². The van der Waals surface area contributed by atoms with Crippen LogP contribution in [0.2, 0.25) is 0 Å². The van der Waals surface area contributed by atoms with Crippen LogP contribution in [-0.2, 0) is 0 Å². The first-order chi connectivity index (χ1) is 7.70. The van der Waals surface area contributed by atoms with Gasteiger partial charge in [-0.15, -0.1) is 12.8 Å². The van der Waals surface area contributed by atoms with E-state index in [-0.39, 0.29) is 0 Å². The van der Waals surface area contributed by atoms with Gasteiger partial charge < -0.3 is 5.11 Å². The Kier molecular flexibility index (Phi) is 20.8. The molecule has 0 atom stereocenters. The molecule has 16 heavy (non-hydrogen) atoms. The largest absolute Gasteiger partial charge is 0.478 e. The summed E-state index contributed by atoms with van der Waals surface area (Å²) in [5, 5.41) is 24.7. The summed E-state index contributed by atoms with van der Waals surface area (Å²) in [6.45, 7) is 5.92. The van der Waals surface area contributed by atoms with Gasteiger partial charge in [0.25, 0.3) is 0 Å². The molecule has 1 aromatic rings. The third-order valence-electron chi connectivity index (χ3n) is 1.30. The summed E-state index contributed by atoms with van der Waals surface area (Å²) in [7, 11) is 0. The van der Waals surface area contributed by atoms with Crippen LogP contribution in [0.5, 0.6) is 0 Å². The highest BCUT2D eigenvalue weighted by Crippen LogP contribution is 2.01. The lowest BCUT2D eigenvalue weighted by Crippen LogP contribution is -1.94. The topological polar surface area (TPSA) is 104 Å². The van der Waals surface area contributed by atoms with Crippen molar-refractivity contribution in [3.8, 4) is 0 Å². The summed E-state index contributed by atoms with van der Waals surface area (Å²) in [6.07, 6.45) is 0. The predicted molar refractivity (Wildman–Crippen MR) is 67.9 cm³/mol. The van der Waals surface area contributed by atoms with Crippen molar-refractivity contribution in [2.24, 2.45) is 5.14 Å². The molecular weight excluding hydrogens is 230 g/mol. The van der Waals surface area contributed by atoms with Crippen molar-refractivity contribution in [1.82, 2.24) is 0 Å². The zero-order chi connectivity index (χ0) is 13.6. The molecule has 0 bridgehead atoms. The Labute approximate surface area is 101 Å². The monoisotopic (exact) mass is 249 g/mol. The lowest BCUT2D eigenvalue weighted by molar-refractivity contribution is -0.176. The number of carboxylic acids is 1. The Morgan fingerprint density at radius 2 is 1.44 bits per heavy atom. The van der Waals surface area contributed by atoms with Crippen LogP contribution in [0.15, 0.2) is 24.3 Å². The predicted octanol–water partition coefficient (Wildman–Crippen LogP) is 2.53.